The van der Waals surface area contributed by atoms with Crippen LogP contribution in [0.5, 0.6) is 17.4 Å². The lowest BCUT2D eigenvalue weighted by atomic mass is 10.0. The van der Waals surface area contributed by atoms with Crippen LogP contribution in [0, 0.1) is 5.92 Å². The van der Waals surface area contributed by atoms with Crippen molar-refractivity contribution < 1.29 is 14.3 Å². The average molecular weight is 409 g/mol. The quantitative estimate of drug-likeness (QED) is 0.636. The molecule has 0 unspecified atom stereocenters. The lowest BCUT2D eigenvalue weighted by Gasteiger charge is -2.25. The highest BCUT2D eigenvalue weighted by molar-refractivity contribution is 5.76. The highest BCUT2D eigenvalue weighted by atomic mass is 16.5. The number of pyridine rings is 1. The number of fused-ring (bicyclic) bond motifs is 2. The van der Waals surface area contributed by atoms with Gasteiger partial charge >= 0.3 is 0 Å². The van der Waals surface area contributed by atoms with Crippen LogP contribution in [0.1, 0.15) is 63.4 Å². The molecule has 1 aliphatic heterocycles. The van der Waals surface area contributed by atoms with E-state index in [0.29, 0.717) is 37.1 Å². The van der Waals surface area contributed by atoms with Gasteiger partial charge in [-0.3, -0.25) is 4.79 Å². The van der Waals surface area contributed by atoms with Crippen LogP contribution in [0.3, 0.4) is 0 Å². The predicted molar refractivity (Wildman–Crippen MR) is 117 cm³/mol. The molecule has 0 atom stereocenters. The van der Waals surface area contributed by atoms with Crippen LogP contribution in [-0.2, 0) is 11.3 Å². The average Bonchev–Trinajstić information content (AvgIpc) is 3.27. The minimum atomic E-state index is 0.271. The molecule has 30 heavy (non-hydrogen) atoms. The normalized spacial score (nSPS) is 18.5. The van der Waals surface area contributed by atoms with E-state index in [4.69, 9.17) is 9.47 Å². The number of rotatable bonds is 2. The Morgan fingerprint density at radius 3 is 2.63 bits per heavy atom. The lowest BCUT2D eigenvalue weighted by molar-refractivity contribution is -0.132. The van der Waals surface area contributed by atoms with Gasteiger partial charge in [0.2, 0.25) is 11.8 Å². The number of ether oxygens (including phenoxy) is 2. The van der Waals surface area contributed by atoms with Crippen molar-refractivity contribution >= 4 is 5.91 Å². The number of hydrogen-bond donors (Lipinski definition) is 0. The largest absolute Gasteiger partial charge is 0.490 e. The van der Waals surface area contributed by atoms with E-state index in [2.05, 4.69) is 4.98 Å². The maximum Gasteiger partial charge on any atom is 0.224 e. The van der Waals surface area contributed by atoms with Crippen LogP contribution in [0.2, 0.25) is 0 Å². The first-order valence-corrected chi connectivity index (χ1v) is 11.4. The molecule has 2 heterocycles. The molecule has 5 nitrogen and oxygen atoms in total. The van der Waals surface area contributed by atoms with Crippen molar-refractivity contribution in [1.82, 2.24) is 9.88 Å². The SMILES string of the molecule is O=C(CC1CCCC1)N1CCCCCCOc2ccccc2Oc2ncccc2C1. The Balaban J connectivity index is 1.57. The minimum Gasteiger partial charge on any atom is -0.490 e. The van der Waals surface area contributed by atoms with Gasteiger partial charge in [-0.25, -0.2) is 4.98 Å². The maximum atomic E-state index is 13.1. The lowest BCUT2D eigenvalue weighted by Crippen LogP contribution is -2.32. The van der Waals surface area contributed by atoms with Gasteiger partial charge in [0, 0.05) is 24.7 Å². The van der Waals surface area contributed by atoms with Gasteiger partial charge in [0.05, 0.1) is 13.2 Å². The molecule has 4 rings (SSSR count). The van der Waals surface area contributed by atoms with Crippen molar-refractivity contribution in [1.29, 1.82) is 0 Å². The molecule has 1 fully saturated rings. The number of nitrogens with zero attached hydrogens (tertiary/aromatic N) is 2. The van der Waals surface area contributed by atoms with E-state index >= 15 is 0 Å². The summed E-state index contributed by atoms with van der Waals surface area (Å²) in [6, 6.07) is 11.6. The molecule has 5 heteroatoms. The maximum absolute atomic E-state index is 13.1. The fraction of sp³-hybridized carbons (Fsp3) is 0.520. The van der Waals surface area contributed by atoms with Crippen LogP contribution in [0.25, 0.3) is 0 Å². The summed E-state index contributed by atoms with van der Waals surface area (Å²) in [6.45, 7) is 1.99. The van der Waals surface area contributed by atoms with E-state index in [1.54, 1.807) is 6.20 Å². The zero-order valence-corrected chi connectivity index (χ0v) is 17.7. The van der Waals surface area contributed by atoms with Crippen LogP contribution in [0.15, 0.2) is 42.6 Å². The number of carbonyl (C=O) groups is 1. The number of carbonyl (C=O) groups excluding carboxylic acids is 1. The summed E-state index contributed by atoms with van der Waals surface area (Å²) < 4.78 is 12.1. The van der Waals surface area contributed by atoms with Crippen molar-refractivity contribution in [3.63, 3.8) is 0 Å². The second-order valence-corrected chi connectivity index (χ2v) is 8.45. The van der Waals surface area contributed by atoms with E-state index in [0.717, 1.165) is 43.5 Å². The third-order valence-electron chi connectivity index (χ3n) is 6.14. The molecule has 1 aromatic carbocycles. The Labute approximate surface area is 179 Å². The summed E-state index contributed by atoms with van der Waals surface area (Å²) in [6.07, 6.45) is 11.5. The fourth-order valence-electron chi connectivity index (χ4n) is 4.42. The van der Waals surface area contributed by atoms with E-state index in [1.807, 2.05) is 41.3 Å². The first-order valence-electron chi connectivity index (χ1n) is 11.4. The third-order valence-corrected chi connectivity index (χ3v) is 6.14. The standard InChI is InChI=1S/C25H32N2O3/c28-24(18-20-10-3-4-11-20)27-16-7-1-2-8-17-29-22-13-5-6-14-23(22)30-25-21(19-27)12-9-15-26-25/h5-6,9,12-15,20H,1-4,7-8,10-11,16-19H2. The van der Waals surface area contributed by atoms with E-state index in [1.165, 1.54) is 25.7 Å². The monoisotopic (exact) mass is 408 g/mol. The molecule has 0 saturated heterocycles. The highest BCUT2D eigenvalue weighted by Crippen LogP contribution is 2.33. The molecule has 1 aliphatic carbocycles. The zero-order valence-electron chi connectivity index (χ0n) is 17.7. The fourth-order valence-corrected chi connectivity index (χ4v) is 4.42. The molecule has 1 saturated carbocycles. The van der Waals surface area contributed by atoms with E-state index in [9.17, 15) is 4.79 Å². The molecule has 0 bridgehead atoms. The second-order valence-electron chi connectivity index (χ2n) is 8.45. The number of benzene rings is 1. The molecular weight excluding hydrogens is 376 g/mol. The van der Waals surface area contributed by atoms with Gasteiger partial charge in [0.1, 0.15) is 0 Å². The molecule has 1 amide bonds. The van der Waals surface area contributed by atoms with Crippen molar-refractivity contribution in [2.75, 3.05) is 13.2 Å². The summed E-state index contributed by atoms with van der Waals surface area (Å²) in [7, 11) is 0. The van der Waals surface area contributed by atoms with Gasteiger partial charge in [0.15, 0.2) is 11.5 Å². The molecule has 0 spiro atoms. The number of amides is 1. The Hall–Kier alpha value is -2.56. The second kappa shape index (κ2) is 10.5. The van der Waals surface area contributed by atoms with Crippen molar-refractivity contribution in [2.45, 2.75) is 64.3 Å². The number of hydrogen-bond acceptors (Lipinski definition) is 4. The van der Waals surface area contributed by atoms with Gasteiger partial charge in [-0.2, -0.15) is 0 Å². The van der Waals surface area contributed by atoms with Crippen LogP contribution in [0.4, 0.5) is 0 Å². The summed E-state index contributed by atoms with van der Waals surface area (Å²) >= 11 is 0. The highest BCUT2D eigenvalue weighted by Gasteiger charge is 2.23. The molecule has 160 valence electrons. The van der Waals surface area contributed by atoms with Crippen molar-refractivity contribution in [2.24, 2.45) is 5.92 Å². The third kappa shape index (κ3) is 5.53. The van der Waals surface area contributed by atoms with Gasteiger partial charge in [-0.15, -0.1) is 0 Å². The Morgan fingerprint density at radius 1 is 0.967 bits per heavy atom. The van der Waals surface area contributed by atoms with Crippen LogP contribution >= 0.6 is 0 Å². The Bertz CT molecular complexity index is 833. The summed E-state index contributed by atoms with van der Waals surface area (Å²) in [4.78, 5) is 19.6. The van der Waals surface area contributed by atoms with Crippen molar-refractivity contribution in [3.8, 4) is 17.4 Å². The van der Waals surface area contributed by atoms with Gasteiger partial charge < -0.3 is 14.4 Å². The van der Waals surface area contributed by atoms with E-state index in [-0.39, 0.29) is 5.91 Å². The first kappa shape index (κ1) is 20.7. The Kier molecular flexibility index (Phi) is 7.22. The number of aromatic nitrogens is 1. The summed E-state index contributed by atoms with van der Waals surface area (Å²) in [5.41, 5.74) is 0.934. The smallest absolute Gasteiger partial charge is 0.224 e. The molecule has 1 aromatic heterocycles. The summed E-state index contributed by atoms with van der Waals surface area (Å²) in [5, 5.41) is 0. The van der Waals surface area contributed by atoms with Crippen LogP contribution in [-0.4, -0.2) is 28.9 Å². The van der Waals surface area contributed by atoms with E-state index < -0.39 is 0 Å². The molecule has 0 N–H and O–H groups in total. The Morgan fingerprint density at radius 2 is 1.77 bits per heavy atom. The molecule has 2 aromatic rings. The first-order chi connectivity index (χ1) is 14.8. The molecule has 0 radical (unpaired) electrons. The summed E-state index contributed by atoms with van der Waals surface area (Å²) in [5.74, 6) is 2.77. The predicted octanol–water partition coefficient (Wildman–Crippen LogP) is 5.74. The minimum absolute atomic E-state index is 0.271. The van der Waals surface area contributed by atoms with Gasteiger partial charge in [0.25, 0.3) is 0 Å². The zero-order chi connectivity index (χ0) is 20.6. The number of para-hydroxylation sites is 2. The molecular formula is C25H32N2O3. The van der Waals surface area contributed by atoms with Crippen LogP contribution < -0.4 is 9.47 Å². The topological polar surface area (TPSA) is 51.7 Å². The van der Waals surface area contributed by atoms with Gasteiger partial charge in [-0.1, -0.05) is 43.9 Å². The van der Waals surface area contributed by atoms with Gasteiger partial charge in [-0.05, 0) is 49.8 Å². The molecule has 2 aliphatic rings. The van der Waals surface area contributed by atoms with Crippen molar-refractivity contribution in [3.05, 3.63) is 48.2 Å².